The van der Waals surface area contributed by atoms with Gasteiger partial charge in [0, 0.05) is 18.5 Å². The van der Waals surface area contributed by atoms with Gasteiger partial charge in [0.15, 0.2) is 0 Å². The van der Waals surface area contributed by atoms with E-state index in [2.05, 4.69) is 5.32 Å². The summed E-state index contributed by atoms with van der Waals surface area (Å²) in [5.41, 5.74) is 2.04. The standard InChI is InChI=1S/C19H23NO3S/c21-17(22)11-7-2-1-3-8-13-20-19(23)18-16(12-14-24-18)15-9-5-4-6-10-15/h4-6,9-10,12,14H,1-3,7-8,11,13H2,(H,20,23)(H,21,22). The average Bonchev–Trinajstić information content (AvgIpc) is 3.07. The summed E-state index contributed by atoms with van der Waals surface area (Å²) in [5.74, 6) is -0.748. The van der Waals surface area contributed by atoms with E-state index >= 15 is 0 Å². The summed E-state index contributed by atoms with van der Waals surface area (Å²) in [6, 6.07) is 11.9. The Morgan fingerprint density at radius 2 is 1.67 bits per heavy atom. The zero-order valence-electron chi connectivity index (χ0n) is 13.7. The second kappa shape index (κ2) is 9.88. The van der Waals surface area contributed by atoms with Gasteiger partial charge in [-0.15, -0.1) is 11.3 Å². The number of unbranched alkanes of at least 4 members (excludes halogenated alkanes) is 4. The first-order valence-corrected chi connectivity index (χ1v) is 9.19. The molecule has 4 nitrogen and oxygen atoms in total. The molecule has 0 radical (unpaired) electrons. The first kappa shape index (κ1) is 18.2. The Bertz CT molecular complexity index is 652. The Morgan fingerprint density at radius 3 is 2.42 bits per heavy atom. The number of rotatable bonds is 10. The number of benzene rings is 1. The molecule has 0 saturated heterocycles. The number of nitrogens with one attached hydrogen (secondary N) is 1. The molecule has 1 aromatic carbocycles. The fourth-order valence-electron chi connectivity index (χ4n) is 2.54. The van der Waals surface area contributed by atoms with E-state index in [-0.39, 0.29) is 12.3 Å². The van der Waals surface area contributed by atoms with Crippen molar-refractivity contribution in [2.24, 2.45) is 0 Å². The monoisotopic (exact) mass is 345 g/mol. The lowest BCUT2D eigenvalue weighted by Gasteiger charge is -2.06. The number of carbonyl (C=O) groups is 2. The van der Waals surface area contributed by atoms with Crippen LogP contribution in [0, 0.1) is 0 Å². The van der Waals surface area contributed by atoms with Crippen molar-refractivity contribution in [3.8, 4) is 11.1 Å². The van der Waals surface area contributed by atoms with Gasteiger partial charge in [-0.2, -0.15) is 0 Å². The van der Waals surface area contributed by atoms with Gasteiger partial charge in [0.25, 0.3) is 5.91 Å². The maximum atomic E-state index is 12.3. The van der Waals surface area contributed by atoms with Crippen LogP contribution in [0.15, 0.2) is 41.8 Å². The van der Waals surface area contributed by atoms with Gasteiger partial charge >= 0.3 is 5.97 Å². The van der Waals surface area contributed by atoms with Gasteiger partial charge in [-0.1, -0.05) is 49.6 Å². The summed E-state index contributed by atoms with van der Waals surface area (Å²) in [5, 5.41) is 13.5. The summed E-state index contributed by atoms with van der Waals surface area (Å²) in [6.07, 6.45) is 4.86. The molecule has 1 heterocycles. The Hall–Kier alpha value is -2.14. The Balaban J connectivity index is 1.71. The van der Waals surface area contributed by atoms with Gasteiger partial charge < -0.3 is 10.4 Å². The van der Waals surface area contributed by atoms with Gasteiger partial charge in [-0.05, 0) is 29.9 Å². The number of thiophene rings is 1. The van der Waals surface area contributed by atoms with Crippen molar-refractivity contribution in [3.63, 3.8) is 0 Å². The smallest absolute Gasteiger partial charge is 0.303 e. The van der Waals surface area contributed by atoms with E-state index in [0.717, 1.165) is 48.1 Å². The average molecular weight is 345 g/mol. The Morgan fingerprint density at radius 1 is 0.958 bits per heavy atom. The highest BCUT2D eigenvalue weighted by Crippen LogP contribution is 2.27. The van der Waals surface area contributed by atoms with E-state index < -0.39 is 5.97 Å². The second-order valence-electron chi connectivity index (χ2n) is 5.70. The number of carboxylic acids is 1. The van der Waals surface area contributed by atoms with Gasteiger partial charge in [-0.25, -0.2) is 0 Å². The van der Waals surface area contributed by atoms with Crippen LogP contribution in [0.2, 0.25) is 0 Å². The van der Waals surface area contributed by atoms with Crippen molar-refractivity contribution in [1.29, 1.82) is 0 Å². The van der Waals surface area contributed by atoms with Crippen LogP contribution in [0.5, 0.6) is 0 Å². The fraction of sp³-hybridized carbons (Fsp3) is 0.368. The van der Waals surface area contributed by atoms with Gasteiger partial charge in [0.1, 0.15) is 0 Å². The number of hydrogen-bond acceptors (Lipinski definition) is 3. The van der Waals surface area contributed by atoms with Crippen molar-refractivity contribution in [2.75, 3.05) is 6.54 Å². The zero-order valence-corrected chi connectivity index (χ0v) is 14.5. The van der Waals surface area contributed by atoms with Crippen LogP contribution in [0.25, 0.3) is 11.1 Å². The molecule has 0 aliphatic carbocycles. The Kier molecular flexibility index (Phi) is 7.49. The molecule has 0 fully saturated rings. The van der Waals surface area contributed by atoms with Crippen LogP contribution in [0.1, 0.15) is 48.2 Å². The topological polar surface area (TPSA) is 66.4 Å². The lowest BCUT2D eigenvalue weighted by Crippen LogP contribution is -2.24. The van der Waals surface area contributed by atoms with Crippen molar-refractivity contribution in [2.45, 2.75) is 38.5 Å². The summed E-state index contributed by atoms with van der Waals surface area (Å²) in [7, 11) is 0. The molecular formula is C19H23NO3S. The molecule has 0 aliphatic rings. The molecule has 1 aromatic heterocycles. The van der Waals surface area contributed by atoms with E-state index in [1.165, 1.54) is 11.3 Å². The minimum absolute atomic E-state index is 0.0188. The van der Waals surface area contributed by atoms with E-state index in [1.807, 2.05) is 41.8 Å². The predicted octanol–water partition coefficient (Wildman–Crippen LogP) is 4.57. The van der Waals surface area contributed by atoms with E-state index in [9.17, 15) is 9.59 Å². The van der Waals surface area contributed by atoms with Crippen LogP contribution in [-0.4, -0.2) is 23.5 Å². The van der Waals surface area contributed by atoms with Crippen LogP contribution in [0.4, 0.5) is 0 Å². The largest absolute Gasteiger partial charge is 0.481 e. The third-order valence-electron chi connectivity index (χ3n) is 3.81. The molecule has 128 valence electrons. The summed E-state index contributed by atoms with van der Waals surface area (Å²) in [6.45, 7) is 0.657. The molecule has 0 bridgehead atoms. The first-order valence-electron chi connectivity index (χ1n) is 8.31. The number of aliphatic carboxylic acids is 1. The van der Waals surface area contributed by atoms with Crippen LogP contribution >= 0.6 is 11.3 Å². The van der Waals surface area contributed by atoms with Gasteiger partial charge in [0.05, 0.1) is 4.88 Å². The molecule has 0 saturated carbocycles. The highest BCUT2D eigenvalue weighted by molar-refractivity contribution is 7.12. The number of carboxylic acid groups (broad SMARTS) is 1. The summed E-state index contributed by atoms with van der Waals surface area (Å²) >= 11 is 1.46. The minimum atomic E-state index is -0.729. The van der Waals surface area contributed by atoms with E-state index in [0.29, 0.717) is 6.54 Å². The third-order valence-corrected chi connectivity index (χ3v) is 4.72. The highest BCUT2D eigenvalue weighted by Gasteiger charge is 2.13. The highest BCUT2D eigenvalue weighted by atomic mass is 32.1. The molecule has 2 aromatic rings. The maximum absolute atomic E-state index is 12.3. The molecular weight excluding hydrogens is 322 g/mol. The molecule has 2 N–H and O–H groups in total. The van der Waals surface area contributed by atoms with Crippen molar-refractivity contribution in [1.82, 2.24) is 5.32 Å². The van der Waals surface area contributed by atoms with Crippen LogP contribution in [0.3, 0.4) is 0 Å². The molecule has 0 atom stereocenters. The van der Waals surface area contributed by atoms with E-state index in [4.69, 9.17) is 5.11 Å². The molecule has 5 heteroatoms. The lowest BCUT2D eigenvalue weighted by molar-refractivity contribution is -0.137. The summed E-state index contributed by atoms with van der Waals surface area (Å²) < 4.78 is 0. The molecule has 0 unspecified atom stereocenters. The Labute approximate surface area is 146 Å². The molecule has 1 amide bonds. The minimum Gasteiger partial charge on any atom is -0.481 e. The molecule has 0 spiro atoms. The van der Waals surface area contributed by atoms with Crippen LogP contribution < -0.4 is 5.32 Å². The second-order valence-corrected chi connectivity index (χ2v) is 6.61. The normalized spacial score (nSPS) is 10.5. The fourth-order valence-corrected chi connectivity index (χ4v) is 3.38. The molecule has 24 heavy (non-hydrogen) atoms. The SMILES string of the molecule is O=C(O)CCCCCCCNC(=O)c1sccc1-c1ccccc1. The number of amides is 1. The molecule has 2 rings (SSSR count). The third kappa shape index (κ3) is 5.81. The zero-order chi connectivity index (χ0) is 17.2. The first-order chi connectivity index (χ1) is 11.7. The van der Waals surface area contributed by atoms with Crippen molar-refractivity contribution >= 4 is 23.2 Å². The predicted molar refractivity (Wildman–Crippen MR) is 97.4 cm³/mol. The number of hydrogen-bond donors (Lipinski definition) is 2. The van der Waals surface area contributed by atoms with Crippen molar-refractivity contribution in [3.05, 3.63) is 46.7 Å². The maximum Gasteiger partial charge on any atom is 0.303 e. The quantitative estimate of drug-likeness (QED) is 0.620. The van der Waals surface area contributed by atoms with E-state index in [1.54, 1.807) is 0 Å². The number of carbonyl (C=O) groups excluding carboxylic acids is 1. The molecule has 0 aliphatic heterocycles. The van der Waals surface area contributed by atoms with Gasteiger partial charge in [-0.3, -0.25) is 9.59 Å². The van der Waals surface area contributed by atoms with Crippen LogP contribution in [-0.2, 0) is 4.79 Å². The van der Waals surface area contributed by atoms with Crippen molar-refractivity contribution < 1.29 is 14.7 Å². The summed E-state index contributed by atoms with van der Waals surface area (Å²) in [4.78, 5) is 23.5. The lowest BCUT2D eigenvalue weighted by atomic mass is 10.1. The van der Waals surface area contributed by atoms with Gasteiger partial charge in [0.2, 0.25) is 0 Å².